The monoisotopic (exact) mass is 252 g/mol. The van der Waals surface area contributed by atoms with E-state index in [1.807, 2.05) is 0 Å². The summed E-state index contributed by atoms with van der Waals surface area (Å²) in [5, 5.41) is 0. The first kappa shape index (κ1) is 16.1. The van der Waals surface area contributed by atoms with Gasteiger partial charge in [-0.3, -0.25) is 0 Å². The Kier molecular flexibility index (Phi) is 8.80. The van der Waals surface area contributed by atoms with Crippen molar-refractivity contribution in [3.8, 4) is 0 Å². The average Bonchev–Trinajstić information content (AvgIpc) is 2.36. The predicted molar refractivity (Wildman–Crippen MR) is 82.9 cm³/mol. The molecule has 0 saturated heterocycles. The maximum atomic E-state index is 2.34. The Morgan fingerprint density at radius 2 is 1.17 bits per heavy atom. The van der Waals surface area contributed by atoms with E-state index in [0.29, 0.717) is 0 Å². The van der Waals surface area contributed by atoms with Gasteiger partial charge in [0, 0.05) is 0 Å². The van der Waals surface area contributed by atoms with E-state index in [-0.39, 0.29) is 0 Å². The fourth-order valence-corrected chi connectivity index (χ4v) is 3.80. The third kappa shape index (κ3) is 5.33. The molecule has 1 aliphatic carbocycles. The molecule has 3 unspecified atom stereocenters. The summed E-state index contributed by atoms with van der Waals surface area (Å²) in [6.45, 7) is 6.99. The van der Waals surface area contributed by atoms with Crippen molar-refractivity contribution >= 4 is 0 Å². The van der Waals surface area contributed by atoms with E-state index in [2.05, 4.69) is 20.8 Å². The molecule has 1 rings (SSSR count). The fraction of sp³-hybridized carbons (Fsp3) is 1.00. The predicted octanol–water partition coefficient (Wildman–Crippen LogP) is 6.59. The third-order valence-electron chi connectivity index (χ3n) is 5.06. The van der Waals surface area contributed by atoms with Gasteiger partial charge in [0.25, 0.3) is 0 Å². The summed E-state index contributed by atoms with van der Waals surface area (Å²) in [6, 6.07) is 0. The minimum Gasteiger partial charge on any atom is -0.0654 e. The molecule has 0 amide bonds. The Balaban J connectivity index is 2.20. The van der Waals surface area contributed by atoms with E-state index >= 15 is 0 Å². The van der Waals surface area contributed by atoms with Gasteiger partial charge >= 0.3 is 0 Å². The van der Waals surface area contributed by atoms with Crippen LogP contribution < -0.4 is 0 Å². The molecule has 1 saturated carbocycles. The van der Waals surface area contributed by atoms with Crippen LogP contribution in [-0.4, -0.2) is 0 Å². The van der Waals surface area contributed by atoms with Gasteiger partial charge in [-0.1, -0.05) is 85.0 Å². The standard InChI is InChI=1S/C18H36/c1-4-7-10-11-13-17-15-16(12-8-5-2)18(17)14-9-6-3/h16-18H,4-15H2,1-3H3. The van der Waals surface area contributed by atoms with Gasteiger partial charge in [-0.15, -0.1) is 0 Å². The van der Waals surface area contributed by atoms with Gasteiger partial charge in [-0.25, -0.2) is 0 Å². The second-order valence-corrected chi connectivity index (χ2v) is 6.55. The number of hydrogen-bond acceptors (Lipinski definition) is 0. The zero-order valence-electron chi connectivity index (χ0n) is 13.2. The number of unbranched alkanes of at least 4 members (excludes halogenated alkanes) is 5. The van der Waals surface area contributed by atoms with Crippen molar-refractivity contribution in [2.24, 2.45) is 17.8 Å². The lowest BCUT2D eigenvalue weighted by molar-refractivity contribution is 0.0441. The molecule has 0 heteroatoms. The van der Waals surface area contributed by atoms with Gasteiger partial charge in [0.2, 0.25) is 0 Å². The van der Waals surface area contributed by atoms with Crippen molar-refractivity contribution in [3.63, 3.8) is 0 Å². The summed E-state index contributed by atoms with van der Waals surface area (Å²) in [7, 11) is 0. The highest BCUT2D eigenvalue weighted by Gasteiger charge is 2.38. The first-order valence-electron chi connectivity index (χ1n) is 8.83. The Morgan fingerprint density at radius 1 is 0.611 bits per heavy atom. The highest BCUT2D eigenvalue weighted by Crippen LogP contribution is 2.48. The zero-order chi connectivity index (χ0) is 13.2. The second-order valence-electron chi connectivity index (χ2n) is 6.55. The van der Waals surface area contributed by atoms with Crippen LogP contribution in [0.25, 0.3) is 0 Å². The summed E-state index contributed by atoms with van der Waals surface area (Å²) >= 11 is 0. The first-order valence-corrected chi connectivity index (χ1v) is 8.83. The lowest BCUT2D eigenvalue weighted by Crippen LogP contribution is -2.36. The van der Waals surface area contributed by atoms with Gasteiger partial charge < -0.3 is 0 Å². The van der Waals surface area contributed by atoms with Crippen molar-refractivity contribution in [2.75, 3.05) is 0 Å². The molecule has 0 spiro atoms. The van der Waals surface area contributed by atoms with Gasteiger partial charge in [-0.05, 0) is 30.6 Å². The van der Waals surface area contributed by atoms with Crippen molar-refractivity contribution in [1.29, 1.82) is 0 Å². The molecule has 1 aliphatic rings. The Bertz CT molecular complexity index is 182. The van der Waals surface area contributed by atoms with Crippen LogP contribution in [0.3, 0.4) is 0 Å². The number of rotatable bonds is 11. The molecule has 0 aromatic carbocycles. The largest absolute Gasteiger partial charge is 0.0654 e. The van der Waals surface area contributed by atoms with E-state index < -0.39 is 0 Å². The smallest absolute Gasteiger partial charge is 0.0357 e. The summed E-state index contributed by atoms with van der Waals surface area (Å²) in [4.78, 5) is 0. The van der Waals surface area contributed by atoms with Gasteiger partial charge in [0.05, 0.1) is 0 Å². The molecule has 0 radical (unpaired) electrons. The van der Waals surface area contributed by atoms with Crippen molar-refractivity contribution in [3.05, 3.63) is 0 Å². The van der Waals surface area contributed by atoms with Crippen LogP contribution in [0, 0.1) is 17.8 Å². The topological polar surface area (TPSA) is 0 Å². The molecule has 0 aliphatic heterocycles. The molecular weight excluding hydrogens is 216 g/mol. The maximum Gasteiger partial charge on any atom is -0.0357 e. The normalized spacial score (nSPS) is 27.2. The van der Waals surface area contributed by atoms with Crippen LogP contribution >= 0.6 is 0 Å². The molecule has 18 heavy (non-hydrogen) atoms. The van der Waals surface area contributed by atoms with E-state index in [9.17, 15) is 0 Å². The first-order chi connectivity index (χ1) is 8.83. The Hall–Kier alpha value is 0. The lowest BCUT2D eigenvalue weighted by atomic mass is 9.60. The quantitative estimate of drug-likeness (QED) is 0.364. The molecule has 0 bridgehead atoms. The minimum absolute atomic E-state index is 1.10. The highest BCUT2D eigenvalue weighted by molar-refractivity contribution is 4.88. The van der Waals surface area contributed by atoms with Crippen LogP contribution in [0.2, 0.25) is 0 Å². The van der Waals surface area contributed by atoms with E-state index in [1.54, 1.807) is 6.42 Å². The molecule has 3 atom stereocenters. The molecule has 0 nitrogen and oxygen atoms in total. The van der Waals surface area contributed by atoms with Gasteiger partial charge in [0.15, 0.2) is 0 Å². The van der Waals surface area contributed by atoms with E-state index in [4.69, 9.17) is 0 Å². The molecule has 1 fully saturated rings. The van der Waals surface area contributed by atoms with E-state index in [0.717, 1.165) is 17.8 Å². The van der Waals surface area contributed by atoms with Gasteiger partial charge in [-0.2, -0.15) is 0 Å². The lowest BCUT2D eigenvalue weighted by Gasteiger charge is -2.46. The molecule has 0 aromatic heterocycles. The van der Waals surface area contributed by atoms with Crippen LogP contribution in [0.15, 0.2) is 0 Å². The minimum atomic E-state index is 1.10. The van der Waals surface area contributed by atoms with Crippen molar-refractivity contribution < 1.29 is 0 Å². The Morgan fingerprint density at radius 3 is 1.78 bits per heavy atom. The van der Waals surface area contributed by atoms with Crippen molar-refractivity contribution in [1.82, 2.24) is 0 Å². The van der Waals surface area contributed by atoms with Crippen LogP contribution in [0.5, 0.6) is 0 Å². The Labute approximate surface area is 116 Å². The van der Waals surface area contributed by atoms with E-state index in [1.165, 1.54) is 70.6 Å². The summed E-state index contributed by atoms with van der Waals surface area (Å²) < 4.78 is 0. The van der Waals surface area contributed by atoms with Crippen molar-refractivity contribution in [2.45, 2.75) is 97.8 Å². The third-order valence-corrected chi connectivity index (χ3v) is 5.06. The SMILES string of the molecule is CCCCCCC1CC(CCCC)C1CCCC. The van der Waals surface area contributed by atoms with Crippen LogP contribution in [-0.2, 0) is 0 Å². The molecule has 0 aromatic rings. The average molecular weight is 252 g/mol. The van der Waals surface area contributed by atoms with Crippen LogP contribution in [0.4, 0.5) is 0 Å². The fourth-order valence-electron chi connectivity index (χ4n) is 3.80. The number of hydrogen-bond donors (Lipinski definition) is 0. The summed E-state index contributed by atoms with van der Waals surface area (Å²) in [6.07, 6.45) is 17.7. The molecule has 108 valence electrons. The van der Waals surface area contributed by atoms with Crippen LogP contribution in [0.1, 0.15) is 97.8 Å². The summed E-state index contributed by atoms with van der Waals surface area (Å²) in [5.74, 6) is 3.32. The summed E-state index contributed by atoms with van der Waals surface area (Å²) in [5.41, 5.74) is 0. The zero-order valence-corrected chi connectivity index (χ0v) is 13.2. The van der Waals surface area contributed by atoms with Gasteiger partial charge in [0.1, 0.15) is 0 Å². The maximum absolute atomic E-state index is 2.34. The molecular formula is C18H36. The highest BCUT2D eigenvalue weighted by atomic mass is 14.4. The molecule has 0 N–H and O–H groups in total. The second kappa shape index (κ2) is 9.87. The molecule has 0 heterocycles.